The molecular weight excluding hydrogens is 307 g/mol. The second-order valence-electron chi connectivity index (χ2n) is 6.03. The molecule has 1 aliphatic rings. The van der Waals surface area contributed by atoms with Crippen LogP contribution in [0.3, 0.4) is 0 Å². The lowest BCUT2D eigenvalue weighted by Crippen LogP contribution is -2.35. The highest BCUT2D eigenvalue weighted by molar-refractivity contribution is 5.83. The van der Waals surface area contributed by atoms with Gasteiger partial charge in [-0.15, -0.1) is 0 Å². The molecule has 0 saturated carbocycles. The van der Waals surface area contributed by atoms with E-state index in [1.54, 1.807) is 12.1 Å². The largest absolute Gasteiger partial charge is 0.489 e. The molecule has 1 fully saturated rings. The Hall–Kier alpha value is -2.40. The van der Waals surface area contributed by atoms with E-state index in [-0.39, 0.29) is 17.8 Å². The van der Waals surface area contributed by atoms with Gasteiger partial charge in [0.1, 0.15) is 18.2 Å². The van der Waals surface area contributed by atoms with Crippen LogP contribution in [-0.4, -0.2) is 18.5 Å². The number of nitrogens with one attached hydrogen (secondary N) is 2. The number of carbonyl (C=O) groups excluding carboxylic acids is 1. The third-order valence-electron chi connectivity index (χ3n) is 4.15. The molecule has 24 heavy (non-hydrogen) atoms. The number of benzene rings is 2. The fraction of sp³-hybridized carbons (Fsp3) is 0.316. The maximum atomic E-state index is 12.9. The lowest BCUT2D eigenvalue weighted by molar-refractivity contribution is -0.120. The van der Waals surface area contributed by atoms with Crippen molar-refractivity contribution in [2.75, 3.05) is 6.54 Å². The van der Waals surface area contributed by atoms with Crippen molar-refractivity contribution in [2.45, 2.75) is 32.5 Å². The fourth-order valence-corrected chi connectivity index (χ4v) is 2.75. The van der Waals surface area contributed by atoms with E-state index < -0.39 is 0 Å². The summed E-state index contributed by atoms with van der Waals surface area (Å²) in [5.74, 6) is 0.635. The Bertz CT molecular complexity index is 716. The Labute approximate surface area is 141 Å². The van der Waals surface area contributed by atoms with E-state index in [0.717, 1.165) is 35.4 Å². The van der Waals surface area contributed by atoms with Gasteiger partial charge < -0.3 is 15.4 Å². The van der Waals surface area contributed by atoms with Gasteiger partial charge in [-0.05, 0) is 48.2 Å². The van der Waals surface area contributed by atoms with Gasteiger partial charge in [0.25, 0.3) is 0 Å². The number of hydrogen-bond donors (Lipinski definition) is 2. The molecule has 1 unspecified atom stereocenters. The summed E-state index contributed by atoms with van der Waals surface area (Å²) in [6.45, 7) is 3.79. The highest BCUT2D eigenvalue weighted by atomic mass is 19.1. The quantitative estimate of drug-likeness (QED) is 0.857. The van der Waals surface area contributed by atoms with Gasteiger partial charge in [-0.2, -0.15) is 0 Å². The number of amides is 1. The molecule has 1 heterocycles. The van der Waals surface area contributed by atoms with Crippen molar-refractivity contribution < 1.29 is 13.9 Å². The highest BCUT2D eigenvalue weighted by Crippen LogP contribution is 2.21. The smallest absolute Gasteiger partial charge is 0.237 e. The minimum absolute atomic E-state index is 0.0750. The van der Waals surface area contributed by atoms with Crippen molar-refractivity contribution in [2.24, 2.45) is 0 Å². The maximum Gasteiger partial charge on any atom is 0.237 e. The second kappa shape index (κ2) is 7.45. The molecule has 3 rings (SSSR count). The summed E-state index contributed by atoms with van der Waals surface area (Å²) in [7, 11) is 0. The van der Waals surface area contributed by atoms with Gasteiger partial charge in [-0.3, -0.25) is 4.79 Å². The van der Waals surface area contributed by atoms with Gasteiger partial charge in [-0.25, -0.2) is 4.39 Å². The van der Waals surface area contributed by atoms with Crippen molar-refractivity contribution in [1.82, 2.24) is 10.6 Å². The molecule has 0 aromatic heterocycles. The number of carbonyl (C=O) groups is 1. The highest BCUT2D eigenvalue weighted by Gasteiger charge is 2.22. The molecule has 1 amide bonds. The SMILES string of the molecule is Cc1cc(CNC2CCNC2=O)ccc1OCc1ccc(F)cc1. The molecule has 0 radical (unpaired) electrons. The van der Waals surface area contributed by atoms with E-state index in [0.29, 0.717) is 13.2 Å². The van der Waals surface area contributed by atoms with E-state index >= 15 is 0 Å². The molecule has 1 aliphatic heterocycles. The Morgan fingerprint density at radius 3 is 2.62 bits per heavy atom. The molecule has 2 aromatic carbocycles. The lowest BCUT2D eigenvalue weighted by Gasteiger charge is -2.13. The molecule has 1 atom stereocenters. The summed E-state index contributed by atoms with van der Waals surface area (Å²) in [6.07, 6.45) is 0.830. The van der Waals surface area contributed by atoms with Crippen LogP contribution < -0.4 is 15.4 Å². The number of rotatable bonds is 6. The number of hydrogen-bond acceptors (Lipinski definition) is 3. The summed E-state index contributed by atoms with van der Waals surface area (Å²) in [5.41, 5.74) is 3.07. The average Bonchev–Trinajstić information content (AvgIpc) is 2.99. The van der Waals surface area contributed by atoms with Crippen LogP contribution in [0.4, 0.5) is 4.39 Å². The topological polar surface area (TPSA) is 50.4 Å². The Morgan fingerprint density at radius 2 is 1.96 bits per heavy atom. The minimum Gasteiger partial charge on any atom is -0.489 e. The zero-order valence-electron chi connectivity index (χ0n) is 13.6. The first-order valence-corrected chi connectivity index (χ1v) is 8.10. The molecule has 126 valence electrons. The number of ether oxygens (including phenoxy) is 1. The first-order chi connectivity index (χ1) is 11.6. The van der Waals surface area contributed by atoms with Crippen molar-refractivity contribution in [3.8, 4) is 5.75 Å². The summed E-state index contributed by atoms with van der Waals surface area (Å²) in [5, 5.41) is 6.09. The molecule has 2 N–H and O–H groups in total. The Balaban J connectivity index is 1.55. The predicted octanol–water partition coefficient (Wildman–Crippen LogP) is 2.69. The van der Waals surface area contributed by atoms with Crippen LogP contribution in [0.25, 0.3) is 0 Å². The average molecular weight is 328 g/mol. The third-order valence-corrected chi connectivity index (χ3v) is 4.15. The van der Waals surface area contributed by atoms with Gasteiger partial charge in [-0.1, -0.05) is 24.3 Å². The predicted molar refractivity (Wildman–Crippen MR) is 90.2 cm³/mol. The Morgan fingerprint density at radius 1 is 1.21 bits per heavy atom. The first-order valence-electron chi connectivity index (χ1n) is 8.10. The molecule has 0 bridgehead atoms. The van der Waals surface area contributed by atoms with Gasteiger partial charge in [0.05, 0.1) is 6.04 Å². The molecule has 2 aromatic rings. The number of halogens is 1. The van der Waals surface area contributed by atoms with E-state index in [9.17, 15) is 9.18 Å². The molecule has 0 aliphatic carbocycles. The standard InChI is InChI=1S/C19H21FN2O2/c1-13-10-15(11-22-17-8-9-21-19(17)23)4-7-18(13)24-12-14-2-5-16(20)6-3-14/h2-7,10,17,22H,8-9,11-12H2,1H3,(H,21,23). The van der Waals surface area contributed by atoms with Crippen molar-refractivity contribution in [1.29, 1.82) is 0 Å². The van der Waals surface area contributed by atoms with Gasteiger partial charge in [0.15, 0.2) is 0 Å². The summed E-state index contributed by atoms with van der Waals surface area (Å²) in [4.78, 5) is 11.5. The van der Waals surface area contributed by atoms with E-state index in [4.69, 9.17) is 4.74 Å². The van der Waals surface area contributed by atoms with Gasteiger partial charge in [0, 0.05) is 13.1 Å². The van der Waals surface area contributed by atoms with Crippen LogP contribution in [0.15, 0.2) is 42.5 Å². The van der Waals surface area contributed by atoms with E-state index in [1.165, 1.54) is 12.1 Å². The van der Waals surface area contributed by atoms with Gasteiger partial charge >= 0.3 is 0 Å². The molecule has 5 heteroatoms. The lowest BCUT2D eigenvalue weighted by atomic mass is 10.1. The van der Waals surface area contributed by atoms with E-state index in [2.05, 4.69) is 16.7 Å². The van der Waals surface area contributed by atoms with E-state index in [1.807, 2.05) is 19.1 Å². The van der Waals surface area contributed by atoms with Crippen LogP contribution in [0.2, 0.25) is 0 Å². The zero-order valence-corrected chi connectivity index (χ0v) is 13.6. The summed E-state index contributed by atoms with van der Waals surface area (Å²) >= 11 is 0. The summed E-state index contributed by atoms with van der Waals surface area (Å²) < 4.78 is 18.7. The number of aryl methyl sites for hydroxylation is 1. The maximum absolute atomic E-state index is 12.9. The molecule has 1 saturated heterocycles. The monoisotopic (exact) mass is 328 g/mol. The summed E-state index contributed by atoms with van der Waals surface area (Å²) in [6, 6.07) is 12.2. The van der Waals surface area contributed by atoms with Crippen molar-refractivity contribution in [3.05, 3.63) is 65.0 Å². The van der Waals surface area contributed by atoms with Crippen LogP contribution >= 0.6 is 0 Å². The van der Waals surface area contributed by atoms with Crippen LogP contribution in [0.1, 0.15) is 23.1 Å². The van der Waals surface area contributed by atoms with Crippen LogP contribution in [-0.2, 0) is 17.9 Å². The molecular formula is C19H21FN2O2. The van der Waals surface area contributed by atoms with Crippen molar-refractivity contribution >= 4 is 5.91 Å². The van der Waals surface area contributed by atoms with Crippen LogP contribution in [0.5, 0.6) is 5.75 Å². The molecule has 4 nitrogen and oxygen atoms in total. The van der Waals surface area contributed by atoms with Gasteiger partial charge in [0.2, 0.25) is 5.91 Å². The fourth-order valence-electron chi connectivity index (χ4n) is 2.75. The van der Waals surface area contributed by atoms with Crippen molar-refractivity contribution in [3.63, 3.8) is 0 Å². The second-order valence-corrected chi connectivity index (χ2v) is 6.03. The normalized spacial score (nSPS) is 16.9. The third kappa shape index (κ3) is 4.11. The zero-order chi connectivity index (χ0) is 16.9. The first kappa shape index (κ1) is 16.5. The van der Waals surface area contributed by atoms with Crippen LogP contribution in [0, 0.1) is 12.7 Å². The minimum atomic E-state index is -0.247. The Kier molecular flexibility index (Phi) is 5.11. The molecule has 0 spiro atoms.